The molecule has 3 rings (SSSR count). The number of carbonyl (C=O) groups is 2. The van der Waals surface area contributed by atoms with Crippen LogP contribution in [0.2, 0.25) is 0 Å². The van der Waals surface area contributed by atoms with E-state index in [-0.39, 0.29) is 18.2 Å². The van der Waals surface area contributed by atoms with Gasteiger partial charge in [-0.25, -0.2) is 0 Å². The van der Waals surface area contributed by atoms with Gasteiger partial charge in [0.2, 0.25) is 18.2 Å². The summed E-state index contributed by atoms with van der Waals surface area (Å²) in [7, 11) is 1.73. The molecule has 0 saturated carbocycles. The number of hydrogen-bond donors (Lipinski definition) is 1. The van der Waals surface area contributed by atoms with Gasteiger partial charge in [-0.15, -0.1) is 0 Å². The standard InChI is InChI=1S/C19H25N5O3/c1-14-3-5-15(6-4-14)12-24-10-8-20-19(26)16(24)11-18(25)23(2)9-7-17-21-13-27-22-17/h3-6,13,16H,7-12H2,1-2H3,(H,20,26). The van der Waals surface area contributed by atoms with Gasteiger partial charge in [-0.3, -0.25) is 14.5 Å². The summed E-state index contributed by atoms with van der Waals surface area (Å²) >= 11 is 0. The fourth-order valence-electron chi connectivity index (χ4n) is 3.12. The van der Waals surface area contributed by atoms with Crippen molar-refractivity contribution in [3.8, 4) is 0 Å². The number of benzene rings is 1. The molecule has 1 aromatic heterocycles. The number of nitrogens with one attached hydrogen (secondary N) is 1. The Morgan fingerprint density at radius 3 is 2.85 bits per heavy atom. The predicted octanol–water partition coefficient (Wildman–Crippen LogP) is 0.770. The second-order valence-corrected chi connectivity index (χ2v) is 6.88. The molecule has 0 radical (unpaired) electrons. The Bertz CT molecular complexity index is 760. The second-order valence-electron chi connectivity index (χ2n) is 6.88. The number of carbonyl (C=O) groups excluding carboxylic acids is 2. The van der Waals surface area contributed by atoms with Crippen LogP contribution in [0, 0.1) is 6.92 Å². The normalized spacial score (nSPS) is 17.6. The van der Waals surface area contributed by atoms with Gasteiger partial charge in [0.25, 0.3) is 0 Å². The molecule has 2 aromatic rings. The molecule has 0 spiro atoms. The van der Waals surface area contributed by atoms with Crippen LogP contribution in [0.5, 0.6) is 0 Å². The molecule has 8 nitrogen and oxygen atoms in total. The van der Waals surface area contributed by atoms with Crippen LogP contribution in [0.1, 0.15) is 23.4 Å². The maximum atomic E-state index is 12.6. The number of hydrogen-bond acceptors (Lipinski definition) is 6. The average molecular weight is 371 g/mol. The van der Waals surface area contributed by atoms with E-state index in [1.54, 1.807) is 11.9 Å². The summed E-state index contributed by atoms with van der Waals surface area (Å²) in [6, 6.07) is 7.80. The third kappa shape index (κ3) is 5.13. The number of likely N-dealkylation sites (N-methyl/N-ethyl adjacent to an activating group) is 1. The van der Waals surface area contributed by atoms with Gasteiger partial charge in [-0.1, -0.05) is 35.0 Å². The highest BCUT2D eigenvalue weighted by molar-refractivity contribution is 5.88. The Morgan fingerprint density at radius 2 is 2.15 bits per heavy atom. The second kappa shape index (κ2) is 8.77. The lowest BCUT2D eigenvalue weighted by Crippen LogP contribution is -2.56. The topological polar surface area (TPSA) is 91.6 Å². The SMILES string of the molecule is Cc1ccc(CN2CCNC(=O)C2CC(=O)N(C)CCc2ncon2)cc1. The predicted molar refractivity (Wildman–Crippen MR) is 98.6 cm³/mol. The molecule has 1 unspecified atom stereocenters. The Kier molecular flexibility index (Phi) is 6.18. The summed E-state index contributed by atoms with van der Waals surface area (Å²) in [4.78, 5) is 32.7. The molecule has 1 saturated heterocycles. The Hall–Kier alpha value is -2.74. The van der Waals surface area contributed by atoms with Crippen LogP contribution in [-0.4, -0.2) is 64.5 Å². The molecule has 8 heteroatoms. The van der Waals surface area contributed by atoms with Crippen LogP contribution < -0.4 is 5.32 Å². The van der Waals surface area contributed by atoms with E-state index < -0.39 is 6.04 Å². The van der Waals surface area contributed by atoms with Crippen LogP contribution in [0.15, 0.2) is 35.2 Å². The van der Waals surface area contributed by atoms with Gasteiger partial charge in [0, 0.05) is 39.6 Å². The monoisotopic (exact) mass is 371 g/mol. The van der Waals surface area contributed by atoms with Crippen molar-refractivity contribution in [3.05, 3.63) is 47.6 Å². The van der Waals surface area contributed by atoms with Crippen molar-refractivity contribution in [1.29, 1.82) is 0 Å². The van der Waals surface area contributed by atoms with Crippen LogP contribution in [0.3, 0.4) is 0 Å². The lowest BCUT2D eigenvalue weighted by molar-refractivity contribution is -0.138. The minimum atomic E-state index is -0.458. The van der Waals surface area contributed by atoms with Crippen LogP contribution in [0.4, 0.5) is 0 Å². The first-order valence-corrected chi connectivity index (χ1v) is 9.09. The molecule has 0 aliphatic carbocycles. The average Bonchev–Trinajstić information content (AvgIpc) is 3.18. The third-order valence-electron chi connectivity index (χ3n) is 4.82. The molecule has 2 heterocycles. The van der Waals surface area contributed by atoms with Crippen LogP contribution in [-0.2, 0) is 22.6 Å². The maximum Gasteiger partial charge on any atom is 0.237 e. The highest BCUT2D eigenvalue weighted by Gasteiger charge is 2.32. The van der Waals surface area contributed by atoms with Crippen molar-refractivity contribution < 1.29 is 14.1 Å². The lowest BCUT2D eigenvalue weighted by Gasteiger charge is -2.35. The van der Waals surface area contributed by atoms with E-state index in [1.165, 1.54) is 12.0 Å². The highest BCUT2D eigenvalue weighted by Crippen LogP contribution is 2.15. The van der Waals surface area contributed by atoms with Gasteiger partial charge in [-0.05, 0) is 12.5 Å². The van der Waals surface area contributed by atoms with Crippen LogP contribution >= 0.6 is 0 Å². The minimum Gasteiger partial charge on any atom is -0.353 e. The van der Waals surface area contributed by atoms with E-state index >= 15 is 0 Å². The zero-order valence-corrected chi connectivity index (χ0v) is 15.7. The number of piperazine rings is 1. The number of nitrogens with zero attached hydrogens (tertiary/aromatic N) is 4. The molecule has 27 heavy (non-hydrogen) atoms. The largest absolute Gasteiger partial charge is 0.353 e. The molecule has 2 amide bonds. The third-order valence-corrected chi connectivity index (χ3v) is 4.82. The molecule has 144 valence electrons. The molecule has 1 aliphatic heterocycles. The molecule has 1 N–H and O–H groups in total. The first kappa shape index (κ1) is 19.0. The molecule has 0 bridgehead atoms. The zero-order valence-electron chi connectivity index (χ0n) is 15.7. The number of rotatable bonds is 7. The van der Waals surface area contributed by atoms with E-state index in [0.29, 0.717) is 31.9 Å². The molecule has 1 atom stereocenters. The molecule has 1 fully saturated rings. The van der Waals surface area contributed by atoms with Gasteiger partial charge in [0.15, 0.2) is 5.82 Å². The Balaban J connectivity index is 1.59. The molecular weight excluding hydrogens is 346 g/mol. The van der Waals surface area contributed by atoms with E-state index in [2.05, 4.69) is 44.6 Å². The summed E-state index contributed by atoms with van der Waals surface area (Å²) in [5.41, 5.74) is 2.34. The van der Waals surface area contributed by atoms with E-state index in [9.17, 15) is 9.59 Å². The highest BCUT2D eigenvalue weighted by atomic mass is 16.5. The van der Waals surface area contributed by atoms with Gasteiger partial charge in [0.05, 0.1) is 12.5 Å². The summed E-state index contributed by atoms with van der Waals surface area (Å²) in [5.74, 6) is 0.397. The van der Waals surface area contributed by atoms with Gasteiger partial charge in [0.1, 0.15) is 0 Å². The summed E-state index contributed by atoms with van der Waals surface area (Å²) in [6.07, 6.45) is 1.94. The first-order chi connectivity index (χ1) is 13.0. The lowest BCUT2D eigenvalue weighted by atomic mass is 10.1. The Morgan fingerprint density at radius 1 is 1.37 bits per heavy atom. The fraction of sp³-hybridized carbons (Fsp3) is 0.474. The van der Waals surface area contributed by atoms with Crippen molar-refractivity contribution >= 4 is 11.8 Å². The van der Waals surface area contributed by atoms with Crippen molar-refractivity contribution in [2.75, 3.05) is 26.7 Å². The smallest absolute Gasteiger partial charge is 0.237 e. The van der Waals surface area contributed by atoms with E-state index in [4.69, 9.17) is 4.52 Å². The minimum absolute atomic E-state index is 0.0746. The number of aromatic nitrogens is 2. The summed E-state index contributed by atoms with van der Waals surface area (Å²) in [6.45, 7) is 4.50. The quantitative estimate of drug-likeness (QED) is 0.773. The van der Waals surface area contributed by atoms with Crippen molar-refractivity contribution in [2.45, 2.75) is 32.4 Å². The fourth-order valence-corrected chi connectivity index (χ4v) is 3.12. The van der Waals surface area contributed by atoms with Crippen molar-refractivity contribution in [1.82, 2.24) is 25.3 Å². The zero-order chi connectivity index (χ0) is 19.2. The van der Waals surface area contributed by atoms with E-state index in [0.717, 1.165) is 12.1 Å². The van der Waals surface area contributed by atoms with Gasteiger partial charge >= 0.3 is 0 Å². The molecular formula is C19H25N5O3. The summed E-state index contributed by atoms with van der Waals surface area (Å²) in [5, 5.41) is 6.62. The van der Waals surface area contributed by atoms with Gasteiger partial charge < -0.3 is 14.7 Å². The number of amides is 2. The first-order valence-electron chi connectivity index (χ1n) is 9.09. The van der Waals surface area contributed by atoms with Crippen molar-refractivity contribution in [2.24, 2.45) is 0 Å². The molecule has 1 aliphatic rings. The van der Waals surface area contributed by atoms with E-state index in [1.807, 2.05) is 6.92 Å². The van der Waals surface area contributed by atoms with Gasteiger partial charge in [-0.2, -0.15) is 4.98 Å². The van der Waals surface area contributed by atoms with Crippen LogP contribution in [0.25, 0.3) is 0 Å². The maximum absolute atomic E-state index is 12.6. The molecule has 1 aromatic carbocycles. The Labute approximate surface area is 158 Å². The van der Waals surface area contributed by atoms with Crippen molar-refractivity contribution in [3.63, 3.8) is 0 Å². The number of aryl methyl sites for hydroxylation is 1. The summed E-state index contributed by atoms with van der Waals surface area (Å²) < 4.78 is 4.70.